The van der Waals surface area contributed by atoms with Crippen molar-refractivity contribution in [1.29, 1.82) is 0 Å². The van der Waals surface area contributed by atoms with Gasteiger partial charge in [0.1, 0.15) is 0 Å². The summed E-state index contributed by atoms with van der Waals surface area (Å²) < 4.78 is 1.04. The molecule has 13 heavy (non-hydrogen) atoms. The highest BCUT2D eigenvalue weighted by atomic mass is 79.9. The maximum atomic E-state index is 10.9. The summed E-state index contributed by atoms with van der Waals surface area (Å²) in [4.78, 5) is 10.9. The third-order valence-electron chi connectivity index (χ3n) is 1.46. The van der Waals surface area contributed by atoms with Gasteiger partial charge in [0.2, 0.25) is 0 Å². The van der Waals surface area contributed by atoms with E-state index in [1.54, 1.807) is 12.2 Å². The van der Waals surface area contributed by atoms with Gasteiger partial charge in [-0.1, -0.05) is 50.1 Å². The fourth-order valence-electron chi connectivity index (χ4n) is 0.808. The molecule has 0 radical (unpaired) electrons. The summed E-state index contributed by atoms with van der Waals surface area (Å²) in [5.74, 6) is 0.0721. The van der Waals surface area contributed by atoms with Crippen LogP contribution >= 0.6 is 31.9 Å². The molecule has 0 amide bonds. The van der Waals surface area contributed by atoms with Crippen LogP contribution in [0.5, 0.6) is 0 Å². The van der Waals surface area contributed by atoms with Crippen molar-refractivity contribution in [3.63, 3.8) is 0 Å². The van der Waals surface area contributed by atoms with Crippen LogP contribution in [0.15, 0.2) is 34.8 Å². The summed E-state index contributed by atoms with van der Waals surface area (Å²) in [7, 11) is 0. The molecule has 1 nitrogen and oxygen atoms in total. The smallest absolute Gasteiger partial charge is 0.166 e. The van der Waals surface area contributed by atoms with E-state index in [0.717, 1.165) is 10.0 Å². The largest absolute Gasteiger partial charge is 0.294 e. The van der Waals surface area contributed by atoms with E-state index in [2.05, 4.69) is 31.9 Å². The van der Waals surface area contributed by atoms with Crippen LogP contribution in [0.25, 0.3) is 6.08 Å². The number of carbonyl (C=O) groups excluding carboxylic acids is 1. The zero-order valence-corrected chi connectivity index (χ0v) is 10.0. The Kier molecular flexibility index (Phi) is 4.39. The number of rotatable bonds is 3. The molecule has 0 atom stereocenters. The number of hydrogen-bond donors (Lipinski definition) is 0. The van der Waals surface area contributed by atoms with Gasteiger partial charge in [-0.3, -0.25) is 4.79 Å². The average molecular weight is 304 g/mol. The molecule has 1 aromatic carbocycles. The normalized spacial score (nSPS) is 10.6. The van der Waals surface area contributed by atoms with Crippen molar-refractivity contribution in [1.82, 2.24) is 0 Å². The van der Waals surface area contributed by atoms with Crippen LogP contribution in [0.4, 0.5) is 0 Å². The number of ketones is 1. The van der Waals surface area contributed by atoms with Crippen LogP contribution in [0.1, 0.15) is 5.56 Å². The molecule has 0 saturated carbocycles. The molecular weight excluding hydrogens is 296 g/mol. The Morgan fingerprint density at radius 3 is 2.46 bits per heavy atom. The van der Waals surface area contributed by atoms with Gasteiger partial charge in [-0.2, -0.15) is 0 Å². The molecule has 0 aliphatic rings. The van der Waals surface area contributed by atoms with Crippen molar-refractivity contribution < 1.29 is 4.79 Å². The molecule has 1 rings (SSSR count). The lowest BCUT2D eigenvalue weighted by molar-refractivity contribution is -0.112. The second-order valence-corrected chi connectivity index (χ2v) is 3.96. The number of halogens is 2. The highest BCUT2D eigenvalue weighted by Gasteiger charge is 1.91. The zero-order valence-electron chi connectivity index (χ0n) is 6.84. The molecular formula is C10H8Br2O. The molecule has 0 saturated heterocycles. The Balaban J connectivity index is 2.69. The quantitative estimate of drug-likeness (QED) is 0.618. The third kappa shape index (κ3) is 3.87. The topological polar surface area (TPSA) is 17.1 Å². The van der Waals surface area contributed by atoms with Gasteiger partial charge in [0.25, 0.3) is 0 Å². The van der Waals surface area contributed by atoms with E-state index in [1.165, 1.54) is 0 Å². The molecule has 68 valence electrons. The number of allylic oxidation sites excluding steroid dienone is 1. The fourth-order valence-corrected chi connectivity index (χ4v) is 1.26. The predicted molar refractivity (Wildman–Crippen MR) is 62.0 cm³/mol. The van der Waals surface area contributed by atoms with E-state index in [-0.39, 0.29) is 5.78 Å². The van der Waals surface area contributed by atoms with Crippen molar-refractivity contribution in [2.45, 2.75) is 0 Å². The molecule has 0 fully saturated rings. The first kappa shape index (κ1) is 10.7. The van der Waals surface area contributed by atoms with Crippen molar-refractivity contribution in [2.24, 2.45) is 0 Å². The van der Waals surface area contributed by atoms with E-state index in [0.29, 0.717) is 5.33 Å². The molecule has 0 aliphatic carbocycles. The SMILES string of the molecule is O=C(C=Cc1ccc(Br)cc1)CBr. The summed E-state index contributed by atoms with van der Waals surface area (Å²) >= 11 is 6.43. The molecule has 0 heterocycles. The lowest BCUT2D eigenvalue weighted by Gasteiger charge is -1.92. The van der Waals surface area contributed by atoms with Gasteiger partial charge < -0.3 is 0 Å². The summed E-state index contributed by atoms with van der Waals surface area (Å²) in [5, 5.41) is 0.375. The first-order valence-electron chi connectivity index (χ1n) is 3.75. The van der Waals surface area contributed by atoms with E-state index in [9.17, 15) is 4.79 Å². The van der Waals surface area contributed by atoms with Gasteiger partial charge >= 0.3 is 0 Å². The Labute approximate surface area is 94.1 Å². The van der Waals surface area contributed by atoms with Crippen molar-refractivity contribution in [2.75, 3.05) is 5.33 Å². The standard InChI is InChI=1S/C10H8Br2O/c11-7-10(13)6-3-8-1-4-9(12)5-2-8/h1-6H,7H2. The van der Waals surface area contributed by atoms with E-state index in [1.807, 2.05) is 24.3 Å². The maximum Gasteiger partial charge on any atom is 0.166 e. The van der Waals surface area contributed by atoms with Gasteiger partial charge in [0.05, 0.1) is 5.33 Å². The summed E-state index contributed by atoms with van der Waals surface area (Å²) in [6.45, 7) is 0. The monoisotopic (exact) mass is 302 g/mol. The third-order valence-corrected chi connectivity index (χ3v) is 2.54. The molecule has 0 unspecified atom stereocenters. The highest BCUT2D eigenvalue weighted by Crippen LogP contribution is 2.11. The summed E-state index contributed by atoms with van der Waals surface area (Å²) in [6, 6.07) is 7.78. The molecule has 3 heteroatoms. The highest BCUT2D eigenvalue weighted by molar-refractivity contribution is 9.10. The molecule has 0 aromatic heterocycles. The number of hydrogen-bond acceptors (Lipinski definition) is 1. The molecule has 0 aliphatic heterocycles. The molecule has 1 aromatic rings. The van der Waals surface area contributed by atoms with E-state index < -0.39 is 0 Å². The van der Waals surface area contributed by atoms with Gasteiger partial charge in [0, 0.05) is 4.47 Å². The number of alkyl halides is 1. The maximum absolute atomic E-state index is 10.9. The van der Waals surface area contributed by atoms with Crippen LogP contribution < -0.4 is 0 Å². The van der Waals surface area contributed by atoms with Crippen LogP contribution in [0, 0.1) is 0 Å². The molecule has 0 spiro atoms. The lowest BCUT2D eigenvalue weighted by Crippen LogP contribution is -1.90. The average Bonchev–Trinajstić information content (AvgIpc) is 2.16. The van der Waals surface area contributed by atoms with E-state index in [4.69, 9.17) is 0 Å². The Morgan fingerprint density at radius 1 is 1.31 bits per heavy atom. The minimum Gasteiger partial charge on any atom is -0.294 e. The molecule has 0 bridgehead atoms. The van der Waals surface area contributed by atoms with Crippen LogP contribution in [0.2, 0.25) is 0 Å². The second kappa shape index (κ2) is 5.35. The van der Waals surface area contributed by atoms with Crippen molar-refractivity contribution in [3.8, 4) is 0 Å². The molecule has 0 N–H and O–H groups in total. The van der Waals surface area contributed by atoms with Gasteiger partial charge in [-0.15, -0.1) is 0 Å². The van der Waals surface area contributed by atoms with Crippen LogP contribution in [0.3, 0.4) is 0 Å². The van der Waals surface area contributed by atoms with Crippen molar-refractivity contribution >= 4 is 43.7 Å². The first-order valence-corrected chi connectivity index (χ1v) is 5.66. The van der Waals surface area contributed by atoms with Crippen molar-refractivity contribution in [3.05, 3.63) is 40.4 Å². The van der Waals surface area contributed by atoms with Crippen LogP contribution in [-0.2, 0) is 4.79 Å². The minimum atomic E-state index is 0.0721. The van der Waals surface area contributed by atoms with Gasteiger partial charge in [-0.05, 0) is 23.8 Å². The van der Waals surface area contributed by atoms with Gasteiger partial charge in [-0.25, -0.2) is 0 Å². The fraction of sp³-hybridized carbons (Fsp3) is 0.100. The lowest BCUT2D eigenvalue weighted by atomic mass is 10.2. The minimum absolute atomic E-state index is 0.0721. The van der Waals surface area contributed by atoms with E-state index >= 15 is 0 Å². The Morgan fingerprint density at radius 2 is 1.92 bits per heavy atom. The Bertz CT molecular complexity index is 314. The van der Waals surface area contributed by atoms with Crippen LogP contribution in [-0.4, -0.2) is 11.1 Å². The number of benzene rings is 1. The summed E-state index contributed by atoms with van der Waals surface area (Å²) in [5.41, 5.74) is 1.03. The predicted octanol–water partition coefficient (Wildman–Crippen LogP) is 3.43. The first-order chi connectivity index (χ1) is 6.22. The Hall–Kier alpha value is -0.410. The summed E-state index contributed by atoms with van der Waals surface area (Å²) in [6.07, 6.45) is 3.37. The van der Waals surface area contributed by atoms with Gasteiger partial charge in [0.15, 0.2) is 5.78 Å². The second-order valence-electron chi connectivity index (χ2n) is 2.48. The zero-order chi connectivity index (χ0) is 9.68. The number of carbonyl (C=O) groups is 1.